The Bertz CT molecular complexity index is 1310. The Morgan fingerprint density at radius 3 is 2.32 bits per heavy atom. The maximum atomic E-state index is 13.6. The fourth-order valence-corrected chi connectivity index (χ4v) is 7.34. The Balaban J connectivity index is 1.13. The van der Waals surface area contributed by atoms with Crippen LogP contribution in [0.3, 0.4) is 0 Å². The van der Waals surface area contributed by atoms with Crippen molar-refractivity contribution in [2.75, 3.05) is 69.3 Å². The first-order chi connectivity index (χ1) is 19.6. The van der Waals surface area contributed by atoms with Gasteiger partial charge in [-0.15, -0.1) is 0 Å². The predicted molar refractivity (Wildman–Crippen MR) is 163 cm³/mol. The van der Waals surface area contributed by atoms with Crippen LogP contribution in [0.2, 0.25) is 0 Å². The molecule has 0 unspecified atom stereocenters. The number of nitrogens with zero attached hydrogens (tertiary/aromatic N) is 6. The Hall–Kier alpha value is -2.76. The molecular formula is C30H45N7O3S. The van der Waals surface area contributed by atoms with Crippen molar-refractivity contribution < 1.29 is 13.2 Å². The van der Waals surface area contributed by atoms with Crippen molar-refractivity contribution in [2.24, 2.45) is 5.92 Å². The molecule has 0 spiro atoms. The van der Waals surface area contributed by atoms with Gasteiger partial charge in [0.05, 0.1) is 6.26 Å². The van der Waals surface area contributed by atoms with Gasteiger partial charge in [-0.2, -0.15) is 0 Å². The molecule has 1 aromatic carbocycles. The van der Waals surface area contributed by atoms with Gasteiger partial charge >= 0.3 is 0 Å². The lowest BCUT2D eigenvalue weighted by molar-refractivity contribution is 0.0542. The third kappa shape index (κ3) is 7.01. The molecule has 3 aliphatic heterocycles. The van der Waals surface area contributed by atoms with Crippen molar-refractivity contribution in [1.29, 1.82) is 0 Å². The molecule has 1 aromatic heterocycles. The summed E-state index contributed by atoms with van der Waals surface area (Å²) in [7, 11) is -1.48. The van der Waals surface area contributed by atoms with Gasteiger partial charge < -0.3 is 20.0 Å². The molecule has 0 radical (unpaired) electrons. The molecule has 3 aliphatic rings. The topological polar surface area (TPSA) is 102 Å². The monoisotopic (exact) mass is 583 g/mol. The van der Waals surface area contributed by atoms with E-state index in [1.54, 1.807) is 7.05 Å². The minimum Gasteiger partial charge on any atom is -0.371 e. The quantitative estimate of drug-likeness (QED) is 0.506. The van der Waals surface area contributed by atoms with Crippen LogP contribution in [0.15, 0.2) is 30.3 Å². The summed E-state index contributed by atoms with van der Waals surface area (Å²) in [5.74, 6) is 1.87. The summed E-state index contributed by atoms with van der Waals surface area (Å²) in [6.45, 7) is 9.87. The van der Waals surface area contributed by atoms with Crippen molar-refractivity contribution in [3.8, 4) is 0 Å². The summed E-state index contributed by atoms with van der Waals surface area (Å²) >= 11 is 0. The highest BCUT2D eigenvalue weighted by Crippen LogP contribution is 2.27. The van der Waals surface area contributed by atoms with Crippen molar-refractivity contribution in [2.45, 2.75) is 58.0 Å². The molecule has 2 aromatic rings. The lowest BCUT2D eigenvalue weighted by Gasteiger charge is -2.43. The second-order valence-corrected chi connectivity index (χ2v) is 14.0. The molecule has 11 heteroatoms. The van der Waals surface area contributed by atoms with Gasteiger partial charge in [0.25, 0.3) is 5.91 Å². The number of rotatable bonds is 8. The zero-order chi connectivity index (χ0) is 29.1. The van der Waals surface area contributed by atoms with Crippen molar-refractivity contribution in [1.82, 2.24) is 24.1 Å². The van der Waals surface area contributed by atoms with Crippen LogP contribution in [0.4, 0.5) is 11.5 Å². The number of anilines is 2. The second-order valence-electron chi connectivity index (χ2n) is 12.0. The van der Waals surface area contributed by atoms with Crippen LogP contribution >= 0.6 is 0 Å². The third-order valence-electron chi connectivity index (χ3n) is 9.23. The minimum absolute atomic E-state index is 0.0147. The maximum Gasteiger partial charge on any atom is 0.272 e. The minimum atomic E-state index is -3.16. The highest BCUT2D eigenvalue weighted by atomic mass is 32.2. The molecule has 0 saturated carbocycles. The third-order valence-corrected chi connectivity index (χ3v) is 10.6. The van der Waals surface area contributed by atoms with Crippen molar-refractivity contribution in [3.63, 3.8) is 0 Å². The smallest absolute Gasteiger partial charge is 0.272 e. The first-order valence-electron chi connectivity index (χ1n) is 15.0. The molecule has 5 rings (SSSR count). The number of aromatic nitrogens is 2. The van der Waals surface area contributed by atoms with E-state index in [1.807, 2.05) is 24.8 Å². The van der Waals surface area contributed by atoms with Crippen LogP contribution in [0.25, 0.3) is 0 Å². The largest absolute Gasteiger partial charge is 0.371 e. The summed E-state index contributed by atoms with van der Waals surface area (Å²) in [4.78, 5) is 29.7. The molecule has 1 atom stereocenters. The van der Waals surface area contributed by atoms with E-state index >= 15 is 0 Å². The number of para-hydroxylation sites is 1. The van der Waals surface area contributed by atoms with Gasteiger partial charge in [-0.3, -0.25) is 4.79 Å². The number of amides is 1. The van der Waals surface area contributed by atoms with E-state index < -0.39 is 10.0 Å². The van der Waals surface area contributed by atoms with Gasteiger partial charge in [0.15, 0.2) is 0 Å². The molecule has 41 heavy (non-hydrogen) atoms. The average molecular weight is 584 g/mol. The zero-order valence-electron chi connectivity index (χ0n) is 24.9. The Labute approximate surface area is 245 Å². The predicted octanol–water partition coefficient (Wildman–Crippen LogP) is 2.99. The van der Waals surface area contributed by atoms with E-state index in [0.29, 0.717) is 36.6 Å². The van der Waals surface area contributed by atoms with Gasteiger partial charge in [0, 0.05) is 63.1 Å². The Kier molecular flexibility index (Phi) is 9.15. The SMILES string of the molecule is Cc1nc(NC[C@@H]2CCN(c3ccccc3)C2)c(C)c(C(=O)N2CCC(N3CCC(N(C)S(C)(=O)=O)CC3)CC2)n1. The van der Waals surface area contributed by atoms with E-state index in [9.17, 15) is 13.2 Å². The lowest BCUT2D eigenvalue weighted by Crippen LogP contribution is -2.52. The molecule has 4 heterocycles. The van der Waals surface area contributed by atoms with Gasteiger partial charge in [-0.25, -0.2) is 22.7 Å². The van der Waals surface area contributed by atoms with Crippen LogP contribution in [-0.2, 0) is 10.0 Å². The summed E-state index contributed by atoms with van der Waals surface area (Å²) in [5, 5.41) is 3.54. The first kappa shape index (κ1) is 29.7. The van der Waals surface area contributed by atoms with Crippen LogP contribution in [0, 0.1) is 19.8 Å². The molecule has 0 bridgehead atoms. The fourth-order valence-electron chi connectivity index (χ4n) is 6.59. The van der Waals surface area contributed by atoms with Gasteiger partial charge in [0.1, 0.15) is 17.3 Å². The molecule has 1 N–H and O–H groups in total. The highest BCUT2D eigenvalue weighted by Gasteiger charge is 2.33. The average Bonchev–Trinajstić information content (AvgIpc) is 3.46. The highest BCUT2D eigenvalue weighted by molar-refractivity contribution is 7.88. The van der Waals surface area contributed by atoms with E-state index in [2.05, 4.69) is 49.4 Å². The van der Waals surface area contributed by atoms with E-state index in [0.717, 1.165) is 76.2 Å². The lowest BCUT2D eigenvalue weighted by atomic mass is 9.97. The number of likely N-dealkylation sites (tertiary alicyclic amines) is 2. The summed E-state index contributed by atoms with van der Waals surface area (Å²) in [6, 6.07) is 11.0. The van der Waals surface area contributed by atoms with Crippen molar-refractivity contribution in [3.05, 3.63) is 47.4 Å². The number of sulfonamides is 1. The molecule has 3 saturated heterocycles. The standard InChI is InChI=1S/C30H45N7O3S/c1-22-28(32-23(2)33-29(22)31-20-24-10-15-37(21-24)26-8-6-5-7-9-26)30(38)36-18-13-27(14-19-36)35-16-11-25(12-17-35)34(3)41(4,39)40/h5-9,24-25,27H,10-21H2,1-4H3,(H,31,32,33)/t24-/m0/s1. The van der Waals surface area contributed by atoms with E-state index in [-0.39, 0.29) is 11.9 Å². The number of piperidine rings is 2. The Morgan fingerprint density at radius 2 is 1.66 bits per heavy atom. The number of carbonyl (C=O) groups excluding carboxylic acids is 1. The molecule has 0 aliphatic carbocycles. The number of carbonyl (C=O) groups is 1. The van der Waals surface area contributed by atoms with Gasteiger partial charge in [0.2, 0.25) is 10.0 Å². The maximum absolute atomic E-state index is 13.6. The van der Waals surface area contributed by atoms with Crippen LogP contribution in [0.5, 0.6) is 0 Å². The number of hydrogen-bond acceptors (Lipinski definition) is 8. The molecular weight excluding hydrogens is 538 g/mol. The number of aryl methyl sites for hydroxylation is 1. The summed E-state index contributed by atoms with van der Waals surface area (Å²) in [5.41, 5.74) is 2.59. The first-order valence-corrected chi connectivity index (χ1v) is 16.8. The second kappa shape index (κ2) is 12.6. The fraction of sp³-hybridized carbons (Fsp3) is 0.633. The van der Waals surface area contributed by atoms with Crippen LogP contribution in [-0.4, -0.2) is 110 Å². The number of hydrogen-bond donors (Lipinski definition) is 1. The zero-order valence-corrected chi connectivity index (χ0v) is 25.7. The van der Waals surface area contributed by atoms with E-state index in [4.69, 9.17) is 0 Å². The van der Waals surface area contributed by atoms with E-state index in [1.165, 1.54) is 16.2 Å². The van der Waals surface area contributed by atoms with Gasteiger partial charge in [-0.05, 0) is 77.1 Å². The normalized spacial score (nSPS) is 21.5. The number of benzene rings is 1. The molecule has 1 amide bonds. The van der Waals surface area contributed by atoms with Gasteiger partial charge in [-0.1, -0.05) is 18.2 Å². The van der Waals surface area contributed by atoms with Crippen LogP contribution < -0.4 is 10.2 Å². The van der Waals surface area contributed by atoms with Crippen LogP contribution in [0.1, 0.15) is 54.0 Å². The number of nitrogens with one attached hydrogen (secondary N) is 1. The van der Waals surface area contributed by atoms with Crippen molar-refractivity contribution >= 4 is 27.4 Å². The summed E-state index contributed by atoms with van der Waals surface area (Å²) in [6.07, 6.45) is 5.95. The molecule has 3 fully saturated rings. The summed E-state index contributed by atoms with van der Waals surface area (Å²) < 4.78 is 25.3. The molecule has 224 valence electrons. The Morgan fingerprint density at radius 1 is 0.976 bits per heavy atom. The molecule has 10 nitrogen and oxygen atoms in total.